The molecule has 2 rings (SSSR count). The molecule has 1 aromatic heterocycles. The van der Waals surface area contributed by atoms with Crippen LogP contribution < -0.4 is 5.32 Å². The van der Waals surface area contributed by atoms with E-state index < -0.39 is 5.82 Å². The quantitative estimate of drug-likeness (QED) is 0.854. The van der Waals surface area contributed by atoms with Gasteiger partial charge in [-0.1, -0.05) is 28.4 Å². The van der Waals surface area contributed by atoms with E-state index in [1.807, 2.05) is 6.92 Å². The van der Waals surface area contributed by atoms with Crippen LogP contribution in [-0.4, -0.2) is 16.7 Å². The number of halogens is 3. The van der Waals surface area contributed by atoms with E-state index >= 15 is 0 Å². The Bertz CT molecular complexity index is 603. The van der Waals surface area contributed by atoms with E-state index in [1.165, 1.54) is 12.1 Å². The number of nitrogens with one attached hydrogen (secondary N) is 1. The van der Waals surface area contributed by atoms with Gasteiger partial charge in [0.15, 0.2) is 5.82 Å². The molecule has 0 spiro atoms. The van der Waals surface area contributed by atoms with Crippen molar-refractivity contribution in [3.8, 4) is 0 Å². The first-order valence-electron chi connectivity index (χ1n) is 6.14. The summed E-state index contributed by atoms with van der Waals surface area (Å²) >= 11 is 11.7. The summed E-state index contributed by atoms with van der Waals surface area (Å²) in [4.78, 5) is 4.10. The summed E-state index contributed by atoms with van der Waals surface area (Å²) < 4.78 is 18.5. The van der Waals surface area contributed by atoms with Crippen LogP contribution in [0.1, 0.15) is 30.2 Å². The van der Waals surface area contributed by atoms with Gasteiger partial charge < -0.3 is 9.84 Å². The smallest absolute Gasteiger partial charge is 0.227 e. The number of hydrogen-bond donors (Lipinski definition) is 1. The summed E-state index contributed by atoms with van der Waals surface area (Å²) in [6, 6.07) is 2.64. The van der Waals surface area contributed by atoms with Gasteiger partial charge >= 0.3 is 0 Å². The van der Waals surface area contributed by atoms with Gasteiger partial charge in [0.1, 0.15) is 5.82 Å². The van der Waals surface area contributed by atoms with Gasteiger partial charge in [-0.3, -0.25) is 0 Å². The van der Waals surface area contributed by atoms with Gasteiger partial charge in [-0.15, -0.1) is 0 Å². The lowest BCUT2D eigenvalue weighted by Crippen LogP contribution is -2.22. The summed E-state index contributed by atoms with van der Waals surface area (Å²) in [5.74, 6) is 0.693. The molecule has 1 aromatic carbocycles. The Morgan fingerprint density at radius 1 is 1.35 bits per heavy atom. The van der Waals surface area contributed by atoms with E-state index in [0.29, 0.717) is 35.3 Å². The second-order valence-corrected chi connectivity index (χ2v) is 5.26. The summed E-state index contributed by atoms with van der Waals surface area (Å²) in [5, 5.41) is 7.39. The van der Waals surface area contributed by atoms with Gasteiger partial charge in [-0.2, -0.15) is 4.98 Å². The lowest BCUT2D eigenvalue weighted by molar-refractivity contribution is 0.370. The fourth-order valence-electron chi connectivity index (χ4n) is 1.82. The van der Waals surface area contributed by atoms with Crippen molar-refractivity contribution in [1.29, 1.82) is 0 Å². The van der Waals surface area contributed by atoms with Crippen LogP contribution in [0.25, 0.3) is 0 Å². The lowest BCUT2D eigenvalue weighted by Gasteiger charge is -2.15. The summed E-state index contributed by atoms with van der Waals surface area (Å²) in [5.41, 5.74) is 0.662. The van der Waals surface area contributed by atoms with Crippen molar-refractivity contribution in [2.75, 3.05) is 6.54 Å². The van der Waals surface area contributed by atoms with E-state index in [4.69, 9.17) is 27.7 Å². The minimum Gasteiger partial charge on any atom is -0.339 e. The predicted molar refractivity (Wildman–Crippen MR) is 75.6 cm³/mol. The first-order valence-corrected chi connectivity index (χ1v) is 6.90. The third-order valence-corrected chi connectivity index (χ3v) is 3.48. The third-order valence-electron chi connectivity index (χ3n) is 2.87. The molecule has 0 radical (unpaired) electrons. The van der Waals surface area contributed by atoms with Crippen molar-refractivity contribution in [1.82, 2.24) is 15.5 Å². The standard InChI is InChI=1S/C13H14Cl2FN3O/c1-7(9-5-12(16)11(15)6-10(9)14)17-4-3-13-18-8(2)19-20-13/h5-7,17H,3-4H2,1-2H3. The molecule has 1 unspecified atom stereocenters. The minimum atomic E-state index is -0.479. The molecule has 0 aliphatic rings. The maximum absolute atomic E-state index is 13.5. The number of aryl methyl sites for hydroxylation is 1. The second kappa shape index (κ2) is 6.52. The third kappa shape index (κ3) is 3.69. The average Bonchev–Trinajstić information content (AvgIpc) is 2.79. The molecule has 2 aromatic rings. The molecule has 0 saturated carbocycles. The first-order chi connectivity index (χ1) is 9.47. The Balaban J connectivity index is 1.95. The largest absolute Gasteiger partial charge is 0.339 e. The molecule has 1 heterocycles. The summed E-state index contributed by atoms with van der Waals surface area (Å²) in [6.07, 6.45) is 0.596. The fourth-order valence-corrected chi connectivity index (χ4v) is 2.36. The zero-order valence-electron chi connectivity index (χ0n) is 11.1. The molecule has 0 amide bonds. The molecular formula is C13H14Cl2FN3O. The Hall–Kier alpha value is -1.17. The predicted octanol–water partition coefficient (Wildman–Crippen LogP) is 3.72. The van der Waals surface area contributed by atoms with E-state index in [1.54, 1.807) is 6.92 Å². The normalized spacial score (nSPS) is 12.7. The number of benzene rings is 1. The van der Waals surface area contributed by atoms with Crippen molar-refractivity contribution >= 4 is 23.2 Å². The van der Waals surface area contributed by atoms with Crippen LogP contribution in [0.3, 0.4) is 0 Å². The molecule has 0 aliphatic carbocycles. The molecular weight excluding hydrogens is 304 g/mol. The van der Waals surface area contributed by atoms with E-state index in [2.05, 4.69) is 15.5 Å². The first kappa shape index (κ1) is 15.2. The Kier molecular flexibility index (Phi) is 4.96. The zero-order valence-corrected chi connectivity index (χ0v) is 12.6. The molecule has 108 valence electrons. The van der Waals surface area contributed by atoms with Gasteiger partial charge in [-0.25, -0.2) is 4.39 Å². The van der Waals surface area contributed by atoms with Gasteiger partial charge in [0.2, 0.25) is 5.89 Å². The van der Waals surface area contributed by atoms with Crippen LogP contribution in [0.15, 0.2) is 16.7 Å². The molecule has 4 nitrogen and oxygen atoms in total. The maximum atomic E-state index is 13.5. The summed E-state index contributed by atoms with van der Waals surface area (Å²) in [6.45, 7) is 4.27. The van der Waals surface area contributed by atoms with Crippen LogP contribution >= 0.6 is 23.2 Å². The van der Waals surface area contributed by atoms with Crippen LogP contribution in [-0.2, 0) is 6.42 Å². The molecule has 7 heteroatoms. The van der Waals surface area contributed by atoms with Gasteiger partial charge in [0, 0.05) is 24.0 Å². The SMILES string of the molecule is Cc1noc(CCNC(C)c2cc(F)c(Cl)cc2Cl)n1. The highest BCUT2D eigenvalue weighted by atomic mass is 35.5. The highest BCUT2D eigenvalue weighted by Crippen LogP contribution is 2.28. The number of aromatic nitrogens is 2. The van der Waals surface area contributed by atoms with Crippen LogP contribution in [0, 0.1) is 12.7 Å². The molecule has 0 aliphatic heterocycles. The van der Waals surface area contributed by atoms with Crippen LogP contribution in [0.5, 0.6) is 0 Å². The van der Waals surface area contributed by atoms with Crippen molar-refractivity contribution < 1.29 is 8.91 Å². The molecule has 0 bridgehead atoms. The van der Waals surface area contributed by atoms with Gasteiger partial charge in [-0.05, 0) is 31.5 Å². The Morgan fingerprint density at radius 3 is 2.75 bits per heavy atom. The average molecular weight is 318 g/mol. The fraction of sp³-hybridized carbons (Fsp3) is 0.385. The Labute approximate surface area is 126 Å². The van der Waals surface area contributed by atoms with Gasteiger partial charge in [0.25, 0.3) is 0 Å². The zero-order chi connectivity index (χ0) is 14.7. The molecule has 0 fully saturated rings. The number of hydrogen-bond acceptors (Lipinski definition) is 4. The van der Waals surface area contributed by atoms with Crippen molar-refractivity contribution in [3.05, 3.63) is 45.3 Å². The molecule has 1 N–H and O–H groups in total. The maximum Gasteiger partial charge on any atom is 0.227 e. The lowest BCUT2D eigenvalue weighted by atomic mass is 10.1. The van der Waals surface area contributed by atoms with E-state index in [9.17, 15) is 4.39 Å². The van der Waals surface area contributed by atoms with E-state index in [0.717, 1.165) is 0 Å². The van der Waals surface area contributed by atoms with Crippen molar-refractivity contribution in [3.63, 3.8) is 0 Å². The van der Waals surface area contributed by atoms with Crippen LogP contribution in [0.4, 0.5) is 4.39 Å². The molecule has 20 heavy (non-hydrogen) atoms. The number of nitrogens with zero attached hydrogens (tertiary/aromatic N) is 2. The monoisotopic (exact) mass is 317 g/mol. The minimum absolute atomic E-state index is 0.0206. The van der Waals surface area contributed by atoms with Crippen molar-refractivity contribution in [2.45, 2.75) is 26.3 Å². The highest BCUT2D eigenvalue weighted by molar-refractivity contribution is 6.35. The van der Waals surface area contributed by atoms with Crippen LogP contribution in [0.2, 0.25) is 10.0 Å². The molecule has 1 atom stereocenters. The van der Waals surface area contributed by atoms with E-state index in [-0.39, 0.29) is 11.1 Å². The topological polar surface area (TPSA) is 51.0 Å². The highest BCUT2D eigenvalue weighted by Gasteiger charge is 2.13. The van der Waals surface area contributed by atoms with Gasteiger partial charge in [0.05, 0.1) is 5.02 Å². The summed E-state index contributed by atoms with van der Waals surface area (Å²) in [7, 11) is 0. The molecule has 0 saturated heterocycles. The Morgan fingerprint density at radius 2 is 2.10 bits per heavy atom. The number of rotatable bonds is 5. The van der Waals surface area contributed by atoms with Crippen molar-refractivity contribution in [2.24, 2.45) is 0 Å². The second-order valence-electron chi connectivity index (χ2n) is 4.45.